The van der Waals surface area contributed by atoms with E-state index in [0.29, 0.717) is 37.2 Å². The standard InChI is InChI=1S/C32H39ClN3O5S/c1-39-29-16-32-11-13-41-30(32)25-9-6-23(25)18-36-17-22-5-8-24(33)14-20(22)4-2-3-12-40-28-10-7-21(15-27(28)36)31(37)35-42(38)19-26(29)34-32/h5,7-8,10,14-15,23,25-26,29-30,34H,2-4,6,9,11-13,16-19H2,1H3/q-1/t23-,25+,26+,29-,30+,32-/m0/s1. The molecule has 2 saturated heterocycles. The number of rotatable bonds is 1. The molecule has 1 aliphatic carbocycles. The van der Waals surface area contributed by atoms with Crippen molar-refractivity contribution in [3.63, 3.8) is 0 Å². The van der Waals surface area contributed by atoms with Crippen LogP contribution in [0.1, 0.15) is 60.0 Å². The van der Waals surface area contributed by atoms with Gasteiger partial charge >= 0.3 is 0 Å². The van der Waals surface area contributed by atoms with E-state index in [1.807, 2.05) is 18.2 Å². The van der Waals surface area contributed by atoms with Gasteiger partial charge in [0.15, 0.2) is 0 Å². The van der Waals surface area contributed by atoms with E-state index in [4.69, 9.17) is 25.8 Å². The highest BCUT2D eigenvalue weighted by atomic mass is 35.5. The molecule has 8 nitrogen and oxygen atoms in total. The van der Waals surface area contributed by atoms with Crippen molar-refractivity contribution < 1.29 is 23.2 Å². The SMILES string of the molecule is CO[C@H]1C[C@@]23CCO[C@@H]2[C@@H]2CC[C@H]2CN2Cc4ccc(Cl)cc4CCCCOc4ccc(cc42)C(=O)N=[S-](=O)C[C@H]1N3. The smallest absolute Gasteiger partial charge is 0.254 e. The Bertz CT molecular complexity index is 1450. The predicted octanol–water partition coefficient (Wildman–Crippen LogP) is 5.29. The molecule has 1 amide bonds. The van der Waals surface area contributed by atoms with E-state index < -0.39 is 16.5 Å². The maximum Gasteiger partial charge on any atom is 0.254 e. The molecule has 226 valence electrons. The van der Waals surface area contributed by atoms with E-state index in [9.17, 15) is 9.00 Å². The van der Waals surface area contributed by atoms with Gasteiger partial charge in [0.2, 0.25) is 0 Å². The molecule has 6 atom stereocenters. The second kappa shape index (κ2) is 11.7. The second-order valence-corrected chi connectivity index (χ2v) is 14.2. The summed E-state index contributed by atoms with van der Waals surface area (Å²) in [6, 6.07) is 11.6. The fraction of sp³-hybridized carbons (Fsp3) is 0.594. The van der Waals surface area contributed by atoms with Crippen LogP contribution in [0.25, 0.3) is 0 Å². The zero-order chi connectivity index (χ0) is 28.8. The Morgan fingerprint density at radius 2 is 2.05 bits per heavy atom. The van der Waals surface area contributed by atoms with Crippen LogP contribution in [0.4, 0.5) is 5.69 Å². The highest BCUT2D eigenvalue weighted by Crippen LogP contribution is 2.49. The lowest BCUT2D eigenvalue weighted by atomic mass is 9.65. The summed E-state index contributed by atoms with van der Waals surface area (Å²) in [5, 5.41) is 4.57. The third-order valence-corrected chi connectivity index (χ3v) is 11.4. The number of nitrogens with zero attached hydrogens (tertiary/aromatic N) is 2. The van der Waals surface area contributed by atoms with Crippen molar-refractivity contribution in [1.29, 1.82) is 0 Å². The molecule has 2 aromatic carbocycles. The summed E-state index contributed by atoms with van der Waals surface area (Å²) in [7, 11) is 0.0122. The summed E-state index contributed by atoms with van der Waals surface area (Å²) in [4.78, 5) is 15.8. The summed E-state index contributed by atoms with van der Waals surface area (Å²) in [5.74, 6) is 1.34. The van der Waals surface area contributed by atoms with Gasteiger partial charge in [-0.25, -0.2) is 0 Å². The average molecular weight is 613 g/mol. The number of carbonyl (C=O) groups excluding carboxylic acids is 1. The summed E-state index contributed by atoms with van der Waals surface area (Å²) in [6.45, 7) is 2.79. The lowest BCUT2D eigenvalue weighted by Gasteiger charge is -2.47. The Morgan fingerprint density at radius 3 is 2.88 bits per heavy atom. The third-order valence-electron chi connectivity index (χ3n) is 10.2. The quantitative estimate of drug-likeness (QED) is 0.438. The molecule has 7 rings (SSSR count). The predicted molar refractivity (Wildman–Crippen MR) is 163 cm³/mol. The van der Waals surface area contributed by atoms with E-state index in [0.717, 1.165) is 68.0 Å². The first-order chi connectivity index (χ1) is 20.4. The monoisotopic (exact) mass is 612 g/mol. The van der Waals surface area contributed by atoms with Gasteiger partial charge in [0, 0.05) is 49.0 Å². The van der Waals surface area contributed by atoms with Crippen LogP contribution in [-0.2, 0) is 37.2 Å². The fourth-order valence-corrected chi connectivity index (χ4v) is 9.05. The third kappa shape index (κ3) is 5.36. The number of halogens is 1. The summed E-state index contributed by atoms with van der Waals surface area (Å²) in [6.07, 6.45) is 6.77. The molecular weight excluding hydrogens is 574 g/mol. The molecule has 4 aliphatic heterocycles. The minimum absolute atomic E-state index is 0.0631. The number of fused-ring (bicyclic) bond motifs is 5. The van der Waals surface area contributed by atoms with Crippen LogP contribution in [0, 0.1) is 11.8 Å². The fourth-order valence-electron chi connectivity index (χ4n) is 7.89. The number of amides is 1. The molecule has 1 N–H and O–H groups in total. The van der Waals surface area contributed by atoms with E-state index in [1.54, 1.807) is 13.2 Å². The largest absolute Gasteiger partial charge is 0.491 e. The number of carbonyl (C=O) groups is 1. The van der Waals surface area contributed by atoms with Crippen LogP contribution in [0.5, 0.6) is 5.75 Å². The number of hydrogen-bond donors (Lipinski definition) is 1. The van der Waals surface area contributed by atoms with Crippen LogP contribution in [0.3, 0.4) is 0 Å². The number of hydrogen-bond acceptors (Lipinski definition) is 8. The number of anilines is 1. The Labute approximate surface area is 254 Å². The molecule has 2 aromatic rings. The van der Waals surface area contributed by atoms with E-state index in [2.05, 4.69) is 26.7 Å². The molecule has 4 bridgehead atoms. The van der Waals surface area contributed by atoms with E-state index in [1.165, 1.54) is 11.1 Å². The molecule has 42 heavy (non-hydrogen) atoms. The Hall–Kier alpha value is -2.17. The molecule has 3 fully saturated rings. The number of ether oxygens (including phenoxy) is 3. The van der Waals surface area contributed by atoms with Crippen molar-refractivity contribution in [2.75, 3.05) is 37.5 Å². The molecule has 0 radical (unpaired) electrons. The molecule has 1 spiro atoms. The van der Waals surface area contributed by atoms with Gasteiger partial charge in [0.05, 0.1) is 24.5 Å². The van der Waals surface area contributed by atoms with Crippen LogP contribution < -0.4 is 15.0 Å². The van der Waals surface area contributed by atoms with Crippen molar-refractivity contribution in [3.8, 4) is 5.75 Å². The van der Waals surface area contributed by atoms with Crippen LogP contribution in [0.2, 0.25) is 5.02 Å². The zero-order valence-electron chi connectivity index (χ0n) is 24.1. The van der Waals surface area contributed by atoms with Crippen LogP contribution >= 0.6 is 11.6 Å². The average Bonchev–Trinajstić information content (AvgIpc) is 3.51. The van der Waals surface area contributed by atoms with E-state index in [-0.39, 0.29) is 29.5 Å². The summed E-state index contributed by atoms with van der Waals surface area (Å²) < 4.78 is 36.1. The van der Waals surface area contributed by atoms with Gasteiger partial charge in [-0.15, -0.1) is 0 Å². The van der Waals surface area contributed by atoms with Gasteiger partial charge in [-0.1, -0.05) is 23.4 Å². The first-order valence-corrected chi connectivity index (χ1v) is 16.9. The van der Waals surface area contributed by atoms with Crippen molar-refractivity contribution in [1.82, 2.24) is 5.32 Å². The lowest BCUT2D eigenvalue weighted by molar-refractivity contribution is -0.0379. The minimum Gasteiger partial charge on any atom is -0.491 e. The topological polar surface area (TPSA) is 89.5 Å². The van der Waals surface area contributed by atoms with Crippen LogP contribution in [-0.4, -0.2) is 62.3 Å². The molecular formula is C32H39ClN3O5S-. The van der Waals surface area contributed by atoms with Gasteiger partial charge in [-0.2, -0.15) is 10.6 Å². The van der Waals surface area contributed by atoms with Gasteiger partial charge in [-0.3, -0.25) is 4.79 Å². The summed E-state index contributed by atoms with van der Waals surface area (Å²) >= 11 is 6.44. The number of nitrogens with one attached hydrogen (secondary N) is 1. The maximum absolute atomic E-state index is 13.4. The van der Waals surface area contributed by atoms with Crippen molar-refractivity contribution in [3.05, 3.63) is 58.1 Å². The van der Waals surface area contributed by atoms with Gasteiger partial charge in [0.1, 0.15) is 5.75 Å². The van der Waals surface area contributed by atoms with Gasteiger partial charge in [0.25, 0.3) is 5.91 Å². The first kappa shape index (κ1) is 28.6. The highest BCUT2D eigenvalue weighted by Gasteiger charge is 2.57. The molecule has 5 aliphatic rings. The Morgan fingerprint density at radius 1 is 1.14 bits per heavy atom. The molecule has 1 saturated carbocycles. The first-order valence-electron chi connectivity index (χ1n) is 15.3. The zero-order valence-corrected chi connectivity index (χ0v) is 25.6. The molecule has 10 heteroatoms. The molecule has 0 aromatic heterocycles. The van der Waals surface area contributed by atoms with Crippen molar-refractivity contribution in [2.45, 2.75) is 75.3 Å². The van der Waals surface area contributed by atoms with Gasteiger partial charge in [-0.05, 0) is 98.2 Å². The number of benzene rings is 2. The second-order valence-electron chi connectivity index (χ2n) is 12.6. The highest BCUT2D eigenvalue weighted by molar-refractivity contribution is 7.75. The Balaban J connectivity index is 1.33. The van der Waals surface area contributed by atoms with Crippen LogP contribution in [0.15, 0.2) is 40.8 Å². The number of aryl methyl sites for hydroxylation is 1. The Kier molecular flexibility index (Phi) is 7.99. The molecule has 0 unspecified atom stereocenters. The normalized spacial score (nSPS) is 33.4. The van der Waals surface area contributed by atoms with Gasteiger partial charge < -0.3 is 33.0 Å². The summed E-state index contributed by atoms with van der Waals surface area (Å²) in [5.41, 5.74) is 3.57. The van der Waals surface area contributed by atoms with Crippen molar-refractivity contribution >= 4 is 33.8 Å². The lowest BCUT2D eigenvalue weighted by Crippen LogP contribution is -2.57. The maximum atomic E-state index is 13.4. The van der Waals surface area contributed by atoms with Crippen molar-refractivity contribution in [2.24, 2.45) is 16.2 Å². The van der Waals surface area contributed by atoms with E-state index >= 15 is 0 Å². The minimum atomic E-state index is -1.70. The number of methoxy groups -OCH3 is 1. The molecule has 4 heterocycles.